The smallest absolute Gasteiger partial charge is 0.321 e. The molecule has 4 atom stereocenters. The van der Waals surface area contributed by atoms with Crippen molar-refractivity contribution in [1.29, 1.82) is 0 Å². The Kier molecular flexibility index (Phi) is 5.77. The van der Waals surface area contributed by atoms with Crippen LogP contribution in [0.25, 0.3) is 0 Å². The lowest BCUT2D eigenvalue weighted by molar-refractivity contribution is -0.182. The van der Waals surface area contributed by atoms with Crippen LogP contribution >= 0.6 is 11.6 Å². The van der Waals surface area contributed by atoms with Crippen molar-refractivity contribution in [2.24, 2.45) is 17.8 Å². The number of ether oxygens (including phenoxy) is 2. The van der Waals surface area contributed by atoms with Crippen molar-refractivity contribution in [2.45, 2.75) is 19.6 Å². The van der Waals surface area contributed by atoms with E-state index in [2.05, 4.69) is 0 Å². The Bertz CT molecular complexity index is 946. The molecule has 1 amide bonds. The van der Waals surface area contributed by atoms with Gasteiger partial charge in [-0.1, -0.05) is 54.1 Å². The average molecular weight is 428 g/mol. The van der Waals surface area contributed by atoms with Gasteiger partial charge in [0.2, 0.25) is 5.91 Å². The largest absolute Gasteiger partial charge is 0.465 e. The number of likely N-dealkylation sites (tertiary alicyclic amines) is 1. The molecule has 2 aliphatic heterocycles. The van der Waals surface area contributed by atoms with E-state index in [4.69, 9.17) is 21.1 Å². The van der Waals surface area contributed by atoms with Crippen molar-refractivity contribution in [1.82, 2.24) is 4.90 Å². The van der Waals surface area contributed by atoms with Crippen molar-refractivity contribution < 1.29 is 23.9 Å². The lowest BCUT2D eigenvalue weighted by atomic mass is 9.76. The molecule has 6 nitrogen and oxygen atoms in total. The van der Waals surface area contributed by atoms with Gasteiger partial charge >= 0.3 is 11.9 Å². The summed E-state index contributed by atoms with van der Waals surface area (Å²) in [6.07, 6.45) is -0.629. The topological polar surface area (TPSA) is 72.9 Å². The van der Waals surface area contributed by atoms with Crippen molar-refractivity contribution in [2.75, 3.05) is 13.2 Å². The van der Waals surface area contributed by atoms with Gasteiger partial charge in [-0.15, -0.1) is 0 Å². The summed E-state index contributed by atoms with van der Waals surface area (Å²) in [5.74, 6) is -4.06. The molecule has 0 spiro atoms. The SMILES string of the molecule is CCOC(=O)[C@H]1C(=O)O[C@@H](c2ccc(Cl)cc2)[C@@H]2CN(Cc3ccccc3)C(=O)[C@H]12. The number of nitrogens with zero attached hydrogens (tertiary/aromatic N) is 1. The van der Waals surface area contributed by atoms with Gasteiger partial charge < -0.3 is 14.4 Å². The van der Waals surface area contributed by atoms with Gasteiger partial charge in [-0.3, -0.25) is 14.4 Å². The number of carbonyl (C=O) groups excluding carboxylic acids is 3. The third-order valence-corrected chi connectivity index (χ3v) is 5.94. The lowest BCUT2D eigenvalue weighted by Crippen LogP contribution is -2.46. The molecule has 2 aliphatic rings. The first kappa shape index (κ1) is 20.4. The predicted octanol–water partition coefficient (Wildman–Crippen LogP) is 3.39. The van der Waals surface area contributed by atoms with Crippen molar-refractivity contribution in [3.8, 4) is 0 Å². The number of hydrogen-bond donors (Lipinski definition) is 0. The molecule has 0 aliphatic carbocycles. The number of benzene rings is 2. The fourth-order valence-electron chi connectivity index (χ4n) is 4.35. The summed E-state index contributed by atoms with van der Waals surface area (Å²) in [6.45, 7) is 2.58. The number of hydrogen-bond acceptors (Lipinski definition) is 5. The first-order valence-corrected chi connectivity index (χ1v) is 10.3. The Labute approximate surface area is 179 Å². The fraction of sp³-hybridized carbons (Fsp3) is 0.348. The average Bonchev–Trinajstić information content (AvgIpc) is 3.05. The summed E-state index contributed by atoms with van der Waals surface area (Å²) in [4.78, 5) is 40.4. The summed E-state index contributed by atoms with van der Waals surface area (Å²) in [5, 5.41) is 0.565. The van der Waals surface area contributed by atoms with Crippen LogP contribution in [0.3, 0.4) is 0 Å². The Morgan fingerprint density at radius 2 is 1.83 bits per heavy atom. The van der Waals surface area contributed by atoms with Gasteiger partial charge in [0.1, 0.15) is 6.10 Å². The fourth-order valence-corrected chi connectivity index (χ4v) is 4.47. The zero-order chi connectivity index (χ0) is 21.3. The molecule has 2 saturated heterocycles. The van der Waals surface area contributed by atoms with Crippen LogP contribution in [0.2, 0.25) is 5.02 Å². The second-order valence-electron chi connectivity index (χ2n) is 7.53. The molecule has 156 valence electrons. The van der Waals surface area contributed by atoms with Crippen LogP contribution in [-0.4, -0.2) is 35.9 Å². The maximum atomic E-state index is 13.3. The van der Waals surface area contributed by atoms with Crippen LogP contribution in [0.1, 0.15) is 24.2 Å². The first-order chi connectivity index (χ1) is 14.5. The Morgan fingerprint density at radius 1 is 1.13 bits per heavy atom. The maximum Gasteiger partial charge on any atom is 0.321 e. The van der Waals surface area contributed by atoms with Crippen LogP contribution in [0.5, 0.6) is 0 Å². The minimum atomic E-state index is -1.24. The number of esters is 2. The molecule has 7 heteroatoms. The summed E-state index contributed by atoms with van der Waals surface area (Å²) < 4.78 is 10.8. The Balaban J connectivity index is 1.68. The molecule has 0 N–H and O–H groups in total. The number of rotatable bonds is 5. The van der Waals surface area contributed by atoms with E-state index >= 15 is 0 Å². The third kappa shape index (κ3) is 3.79. The quantitative estimate of drug-likeness (QED) is 0.540. The van der Waals surface area contributed by atoms with Crippen molar-refractivity contribution >= 4 is 29.4 Å². The highest BCUT2D eigenvalue weighted by Crippen LogP contribution is 2.46. The van der Waals surface area contributed by atoms with Gasteiger partial charge in [-0.05, 0) is 30.2 Å². The molecule has 2 fully saturated rings. The monoisotopic (exact) mass is 427 g/mol. The van der Waals surface area contributed by atoms with Crippen molar-refractivity contribution in [3.63, 3.8) is 0 Å². The Morgan fingerprint density at radius 3 is 2.50 bits per heavy atom. The molecule has 30 heavy (non-hydrogen) atoms. The van der Waals surface area contributed by atoms with Gasteiger partial charge in [-0.2, -0.15) is 0 Å². The molecule has 0 bridgehead atoms. The highest BCUT2D eigenvalue weighted by molar-refractivity contribution is 6.30. The van der Waals surface area contributed by atoms with Crippen LogP contribution < -0.4 is 0 Å². The van der Waals surface area contributed by atoms with Gasteiger partial charge in [-0.25, -0.2) is 0 Å². The Hall–Kier alpha value is -2.86. The molecular weight excluding hydrogens is 406 g/mol. The van der Waals surface area contributed by atoms with Crippen molar-refractivity contribution in [3.05, 3.63) is 70.7 Å². The molecular formula is C23H22ClNO5. The number of amides is 1. The first-order valence-electron chi connectivity index (χ1n) is 9.95. The van der Waals surface area contributed by atoms with Gasteiger partial charge in [0.25, 0.3) is 0 Å². The summed E-state index contributed by atoms with van der Waals surface area (Å²) >= 11 is 6.00. The highest BCUT2D eigenvalue weighted by atomic mass is 35.5. The molecule has 4 rings (SSSR count). The molecule has 2 heterocycles. The van der Waals surface area contributed by atoms with Gasteiger partial charge in [0.15, 0.2) is 5.92 Å². The van der Waals surface area contributed by atoms with E-state index < -0.39 is 29.9 Å². The molecule has 0 radical (unpaired) electrons. The predicted molar refractivity (Wildman–Crippen MR) is 109 cm³/mol. The van der Waals surface area contributed by atoms with E-state index in [0.717, 1.165) is 11.1 Å². The zero-order valence-electron chi connectivity index (χ0n) is 16.5. The highest BCUT2D eigenvalue weighted by Gasteiger charge is 2.58. The molecule has 0 saturated carbocycles. The van der Waals surface area contributed by atoms with Crippen LogP contribution in [0, 0.1) is 17.8 Å². The summed E-state index contributed by atoms with van der Waals surface area (Å²) in [6, 6.07) is 16.6. The second kappa shape index (κ2) is 8.48. The normalized spacial score (nSPS) is 25.6. The summed E-state index contributed by atoms with van der Waals surface area (Å²) in [5.41, 5.74) is 1.73. The third-order valence-electron chi connectivity index (χ3n) is 5.69. The van der Waals surface area contributed by atoms with E-state index in [1.54, 1.807) is 36.1 Å². The van der Waals surface area contributed by atoms with E-state index in [1.807, 2.05) is 30.3 Å². The maximum absolute atomic E-state index is 13.3. The zero-order valence-corrected chi connectivity index (χ0v) is 17.2. The lowest BCUT2D eigenvalue weighted by Gasteiger charge is -2.35. The molecule has 0 unspecified atom stereocenters. The van der Waals surface area contributed by atoms with E-state index in [-0.39, 0.29) is 18.4 Å². The van der Waals surface area contributed by atoms with E-state index in [0.29, 0.717) is 18.1 Å². The minimum Gasteiger partial charge on any atom is -0.465 e. The van der Waals surface area contributed by atoms with Crippen LogP contribution in [0.15, 0.2) is 54.6 Å². The van der Waals surface area contributed by atoms with Crippen LogP contribution in [-0.2, 0) is 30.4 Å². The van der Waals surface area contributed by atoms with E-state index in [9.17, 15) is 14.4 Å². The summed E-state index contributed by atoms with van der Waals surface area (Å²) in [7, 11) is 0. The van der Waals surface area contributed by atoms with Gasteiger partial charge in [0, 0.05) is 24.0 Å². The molecule has 0 aromatic heterocycles. The number of fused-ring (bicyclic) bond motifs is 1. The van der Waals surface area contributed by atoms with E-state index in [1.165, 1.54) is 0 Å². The number of halogens is 1. The standard InChI is InChI=1S/C23H22ClNO5/c1-2-29-22(27)19-18-17(13-25(21(18)26)12-14-6-4-3-5-7-14)20(30-23(19)28)15-8-10-16(24)11-9-15/h3-11,17-20H,2,12-13H2,1H3/t17-,18+,19+,20+/m1/s1. The second-order valence-corrected chi connectivity index (χ2v) is 7.97. The minimum absolute atomic E-state index is 0.128. The molecule has 2 aromatic carbocycles. The number of carbonyl (C=O) groups is 3. The van der Waals surface area contributed by atoms with Crippen LogP contribution in [0.4, 0.5) is 0 Å². The molecule has 2 aromatic rings. The van der Waals surface area contributed by atoms with Gasteiger partial charge in [0.05, 0.1) is 12.5 Å². The number of cyclic esters (lactones) is 1.